The zero-order chi connectivity index (χ0) is 23.9. The number of nitrogens with zero attached hydrogens (tertiary/aromatic N) is 3. The molecular formula is C22H29F3N4O2S. The molecule has 1 atom stereocenters. The van der Waals surface area contributed by atoms with E-state index < -0.39 is 23.2 Å². The number of benzene rings is 1. The first-order valence-corrected chi connectivity index (χ1v) is 11.4. The molecule has 0 spiro atoms. The van der Waals surface area contributed by atoms with E-state index in [2.05, 4.69) is 22.5 Å². The van der Waals surface area contributed by atoms with Gasteiger partial charge in [-0.2, -0.15) is 28.7 Å². The molecule has 2 aromatic rings. The van der Waals surface area contributed by atoms with E-state index in [1.165, 1.54) is 11.3 Å². The first-order chi connectivity index (χ1) is 14.7. The van der Waals surface area contributed by atoms with E-state index in [0.29, 0.717) is 4.80 Å². The molecule has 32 heavy (non-hydrogen) atoms. The summed E-state index contributed by atoms with van der Waals surface area (Å²) in [6, 6.07) is 2.79. The number of hydrogen-bond acceptors (Lipinski definition) is 5. The average Bonchev–Trinajstić information content (AvgIpc) is 3.30. The molecular weight excluding hydrogens is 441 g/mol. The number of rotatable bonds is 6. The summed E-state index contributed by atoms with van der Waals surface area (Å²) in [7, 11) is 0. The number of hydroxylamine groups is 1. The second-order valence-corrected chi connectivity index (χ2v) is 10.5. The van der Waals surface area contributed by atoms with Gasteiger partial charge in [-0.1, -0.05) is 25.2 Å². The molecule has 1 unspecified atom stereocenters. The van der Waals surface area contributed by atoms with Gasteiger partial charge < -0.3 is 4.84 Å². The van der Waals surface area contributed by atoms with Gasteiger partial charge in [0, 0.05) is 11.0 Å². The lowest BCUT2D eigenvalue weighted by atomic mass is 10.1. The first-order valence-electron chi connectivity index (χ1n) is 10.6. The molecule has 0 aliphatic heterocycles. The number of carbonyl (C=O) groups is 1. The van der Waals surface area contributed by atoms with Crippen molar-refractivity contribution in [2.75, 3.05) is 0 Å². The highest BCUT2D eigenvalue weighted by atomic mass is 32.1. The van der Waals surface area contributed by atoms with Crippen LogP contribution in [-0.4, -0.2) is 21.2 Å². The number of carbonyl (C=O) groups excluding carboxylic acids is 1. The third-order valence-corrected chi connectivity index (χ3v) is 6.54. The molecule has 0 radical (unpaired) electrons. The third kappa shape index (κ3) is 5.58. The Morgan fingerprint density at radius 1 is 1.34 bits per heavy atom. The standard InChI is InChI=1S/C22H29F3N4O2S/c1-7-13(2)29-19(32-18(27-29)21(6)10-11-21)26-17(30)15-12-14(22(23,24)25)8-9-16(15)31-28-20(3,4)5/h8-9,12-13,28H,7,10-11H2,1-6H3. The van der Waals surface area contributed by atoms with Gasteiger partial charge in [-0.3, -0.25) is 4.79 Å². The lowest BCUT2D eigenvalue weighted by molar-refractivity contribution is -0.137. The molecule has 3 rings (SSSR count). The van der Waals surface area contributed by atoms with Gasteiger partial charge >= 0.3 is 6.18 Å². The Bertz CT molecular complexity index is 1060. The summed E-state index contributed by atoms with van der Waals surface area (Å²) in [6.07, 6.45) is -1.80. The van der Waals surface area contributed by atoms with Crippen molar-refractivity contribution in [2.45, 2.75) is 84.0 Å². The van der Waals surface area contributed by atoms with Crippen LogP contribution in [0.25, 0.3) is 0 Å². The van der Waals surface area contributed by atoms with E-state index in [9.17, 15) is 18.0 Å². The summed E-state index contributed by atoms with van der Waals surface area (Å²) in [4.78, 5) is 23.1. The van der Waals surface area contributed by atoms with Crippen molar-refractivity contribution in [1.29, 1.82) is 0 Å². The van der Waals surface area contributed by atoms with E-state index in [1.54, 1.807) is 4.68 Å². The topological polar surface area (TPSA) is 68.5 Å². The second-order valence-electron chi connectivity index (χ2n) is 9.53. The molecule has 0 bridgehead atoms. The highest BCUT2D eigenvalue weighted by Crippen LogP contribution is 2.47. The molecule has 1 N–H and O–H groups in total. The summed E-state index contributed by atoms with van der Waals surface area (Å²) in [5, 5.41) is 5.56. The third-order valence-electron chi connectivity index (χ3n) is 5.31. The van der Waals surface area contributed by atoms with Gasteiger partial charge in [0.1, 0.15) is 5.01 Å². The summed E-state index contributed by atoms with van der Waals surface area (Å²) >= 11 is 1.31. The van der Waals surface area contributed by atoms with Crippen LogP contribution in [0.5, 0.6) is 5.75 Å². The van der Waals surface area contributed by atoms with Gasteiger partial charge in [-0.15, -0.1) is 0 Å². The van der Waals surface area contributed by atoms with Crippen LogP contribution in [0.15, 0.2) is 23.2 Å². The van der Waals surface area contributed by atoms with Crippen molar-refractivity contribution in [2.24, 2.45) is 4.99 Å². The van der Waals surface area contributed by atoms with Gasteiger partial charge in [0.05, 0.1) is 17.2 Å². The highest BCUT2D eigenvalue weighted by molar-refractivity contribution is 7.09. The van der Waals surface area contributed by atoms with E-state index in [-0.39, 0.29) is 22.8 Å². The minimum atomic E-state index is -4.60. The Kier molecular flexibility index (Phi) is 6.59. The van der Waals surface area contributed by atoms with Crippen LogP contribution in [-0.2, 0) is 11.6 Å². The van der Waals surface area contributed by atoms with Crippen molar-refractivity contribution in [3.8, 4) is 5.75 Å². The maximum atomic E-state index is 13.3. The Morgan fingerprint density at radius 2 is 2.00 bits per heavy atom. The van der Waals surface area contributed by atoms with Gasteiger partial charge in [0.15, 0.2) is 5.75 Å². The van der Waals surface area contributed by atoms with Crippen LogP contribution in [0.1, 0.15) is 87.8 Å². The number of aromatic nitrogens is 2. The molecule has 1 saturated carbocycles. The van der Waals surface area contributed by atoms with Crippen molar-refractivity contribution >= 4 is 17.2 Å². The lowest BCUT2D eigenvalue weighted by Gasteiger charge is -2.21. The van der Waals surface area contributed by atoms with E-state index in [4.69, 9.17) is 4.84 Å². The monoisotopic (exact) mass is 470 g/mol. The van der Waals surface area contributed by atoms with Crippen LogP contribution in [0, 0.1) is 0 Å². The maximum absolute atomic E-state index is 13.3. The Morgan fingerprint density at radius 3 is 2.53 bits per heavy atom. The molecule has 1 aliphatic rings. The first kappa shape index (κ1) is 24.4. The maximum Gasteiger partial charge on any atom is 0.416 e. The summed E-state index contributed by atoms with van der Waals surface area (Å²) in [6.45, 7) is 11.6. The number of hydrogen-bond donors (Lipinski definition) is 1. The SMILES string of the molecule is CCC(C)n1nc(C2(C)CC2)sc1=NC(=O)c1cc(C(F)(F)F)ccc1ONC(C)(C)C. The highest BCUT2D eigenvalue weighted by Gasteiger charge is 2.42. The quantitative estimate of drug-likeness (QED) is 0.574. The molecule has 176 valence electrons. The smallest absolute Gasteiger partial charge is 0.407 e. The fourth-order valence-electron chi connectivity index (χ4n) is 2.79. The number of halogens is 3. The van der Waals surface area contributed by atoms with Crippen LogP contribution >= 0.6 is 11.3 Å². The number of nitrogens with one attached hydrogen (secondary N) is 1. The van der Waals surface area contributed by atoms with Crippen molar-refractivity contribution in [3.63, 3.8) is 0 Å². The second kappa shape index (κ2) is 8.62. The van der Waals surface area contributed by atoms with E-state index in [0.717, 1.165) is 42.5 Å². The zero-order valence-electron chi connectivity index (χ0n) is 19.1. The molecule has 6 nitrogen and oxygen atoms in total. The van der Waals surface area contributed by atoms with Crippen LogP contribution in [0.4, 0.5) is 13.2 Å². The van der Waals surface area contributed by atoms with Gasteiger partial charge in [-0.05, 0) is 65.2 Å². The fraction of sp³-hybridized carbons (Fsp3) is 0.591. The molecule has 1 amide bonds. The molecule has 1 aromatic heterocycles. The Balaban J connectivity index is 2.07. The molecule has 1 heterocycles. The van der Waals surface area contributed by atoms with Crippen molar-refractivity contribution < 1.29 is 22.8 Å². The molecule has 1 fully saturated rings. The van der Waals surface area contributed by atoms with Crippen molar-refractivity contribution in [3.05, 3.63) is 39.1 Å². The van der Waals surface area contributed by atoms with Gasteiger partial charge in [0.25, 0.3) is 5.91 Å². The zero-order valence-corrected chi connectivity index (χ0v) is 19.9. The van der Waals surface area contributed by atoms with Crippen LogP contribution < -0.4 is 15.1 Å². The van der Waals surface area contributed by atoms with Crippen molar-refractivity contribution in [1.82, 2.24) is 15.3 Å². The normalized spacial score (nSPS) is 17.3. The minimum absolute atomic E-state index is 0.00585. The molecule has 1 aliphatic carbocycles. The largest absolute Gasteiger partial charge is 0.416 e. The summed E-state index contributed by atoms with van der Waals surface area (Å²) in [5.74, 6) is -0.828. The predicted octanol–water partition coefficient (Wildman–Crippen LogP) is 5.41. The number of alkyl halides is 3. The van der Waals surface area contributed by atoms with Gasteiger partial charge in [-0.25, -0.2) is 4.68 Å². The Hall–Kier alpha value is -2.20. The molecule has 0 saturated heterocycles. The minimum Gasteiger partial charge on any atom is -0.407 e. The van der Waals surface area contributed by atoms with E-state index >= 15 is 0 Å². The van der Waals surface area contributed by atoms with E-state index in [1.807, 2.05) is 34.6 Å². The average molecular weight is 471 g/mol. The summed E-state index contributed by atoms with van der Waals surface area (Å²) < 4.78 is 41.6. The van der Waals surface area contributed by atoms with Crippen LogP contribution in [0.2, 0.25) is 0 Å². The lowest BCUT2D eigenvalue weighted by Crippen LogP contribution is -2.38. The fourth-order valence-corrected chi connectivity index (χ4v) is 3.99. The summed E-state index contributed by atoms with van der Waals surface area (Å²) in [5.41, 5.74) is 1.04. The molecule has 10 heteroatoms. The Labute approximate surface area is 189 Å². The van der Waals surface area contributed by atoms with Gasteiger partial charge in [0.2, 0.25) is 4.80 Å². The molecule has 1 aromatic carbocycles. The number of amides is 1. The van der Waals surface area contributed by atoms with Crippen LogP contribution in [0.3, 0.4) is 0 Å². The predicted molar refractivity (Wildman–Crippen MR) is 117 cm³/mol.